The van der Waals surface area contributed by atoms with Crippen LogP contribution in [0.2, 0.25) is 0 Å². The molecule has 0 fully saturated rings. The summed E-state index contributed by atoms with van der Waals surface area (Å²) in [7, 11) is 0. The quantitative estimate of drug-likeness (QED) is 0.813. The summed E-state index contributed by atoms with van der Waals surface area (Å²) < 4.78 is 5.67. The van der Waals surface area contributed by atoms with Crippen molar-refractivity contribution in [2.45, 2.75) is 26.6 Å². The molecule has 0 radical (unpaired) electrons. The average Bonchev–Trinajstić information content (AvgIpc) is 2.64. The first-order chi connectivity index (χ1) is 12.0. The van der Waals surface area contributed by atoms with E-state index in [0.717, 1.165) is 5.56 Å². The number of nitriles is 1. The van der Waals surface area contributed by atoms with Gasteiger partial charge in [-0.3, -0.25) is 4.79 Å². The lowest BCUT2D eigenvalue weighted by Gasteiger charge is -2.15. The Labute approximate surface area is 147 Å². The van der Waals surface area contributed by atoms with Gasteiger partial charge in [-0.05, 0) is 47.9 Å². The Kier molecular flexibility index (Phi) is 6.55. The highest BCUT2D eigenvalue weighted by molar-refractivity contribution is 5.94. The monoisotopic (exact) mass is 338 g/mol. The normalized spacial score (nSPS) is 11.6. The zero-order chi connectivity index (χ0) is 18.2. The average molecular weight is 338 g/mol. The molecule has 0 aliphatic heterocycles. The predicted octanol–water partition coefficient (Wildman–Crippen LogP) is 2.88. The van der Waals surface area contributed by atoms with Gasteiger partial charge in [0.25, 0.3) is 5.91 Å². The summed E-state index contributed by atoms with van der Waals surface area (Å²) in [5.41, 5.74) is 1.97. The lowest BCUT2D eigenvalue weighted by atomic mass is 10.1. The highest BCUT2D eigenvalue weighted by Gasteiger charge is 2.12. The van der Waals surface area contributed by atoms with Crippen molar-refractivity contribution in [3.05, 3.63) is 65.2 Å². The molecule has 130 valence electrons. The Balaban J connectivity index is 1.93. The van der Waals surface area contributed by atoms with Gasteiger partial charge in [0.1, 0.15) is 12.4 Å². The lowest BCUT2D eigenvalue weighted by Crippen LogP contribution is -2.34. The Morgan fingerprint density at radius 3 is 2.60 bits per heavy atom. The number of nitrogens with one attached hydrogen (secondary N) is 1. The van der Waals surface area contributed by atoms with E-state index in [-0.39, 0.29) is 18.4 Å². The molecule has 2 N–H and O–H groups in total. The van der Waals surface area contributed by atoms with Crippen molar-refractivity contribution in [1.82, 2.24) is 5.32 Å². The maximum absolute atomic E-state index is 12.2. The first-order valence-electron chi connectivity index (χ1n) is 8.17. The van der Waals surface area contributed by atoms with Gasteiger partial charge in [-0.1, -0.05) is 26.0 Å². The molecular weight excluding hydrogens is 316 g/mol. The van der Waals surface area contributed by atoms with Gasteiger partial charge < -0.3 is 15.2 Å². The minimum absolute atomic E-state index is 0.0902. The van der Waals surface area contributed by atoms with Gasteiger partial charge in [0.2, 0.25) is 0 Å². The van der Waals surface area contributed by atoms with E-state index in [1.54, 1.807) is 42.5 Å². The maximum atomic E-state index is 12.2. The number of aliphatic hydroxyl groups excluding tert-OH is 1. The van der Waals surface area contributed by atoms with Crippen LogP contribution in [-0.4, -0.2) is 23.7 Å². The third-order valence-electron chi connectivity index (χ3n) is 3.82. The van der Waals surface area contributed by atoms with E-state index in [1.807, 2.05) is 19.9 Å². The predicted molar refractivity (Wildman–Crippen MR) is 95.1 cm³/mol. The van der Waals surface area contributed by atoms with Gasteiger partial charge in [0, 0.05) is 12.1 Å². The fraction of sp³-hybridized carbons (Fsp3) is 0.300. The molecule has 2 rings (SSSR count). The Bertz CT molecular complexity index is 748. The molecule has 2 aromatic rings. The molecule has 0 saturated carbocycles. The highest BCUT2D eigenvalue weighted by atomic mass is 16.5. The van der Waals surface area contributed by atoms with Crippen LogP contribution in [0.1, 0.15) is 35.3 Å². The first-order valence-corrected chi connectivity index (χ1v) is 8.17. The lowest BCUT2D eigenvalue weighted by molar-refractivity contribution is 0.0871. The number of ether oxygens (including phenoxy) is 1. The van der Waals surface area contributed by atoms with Gasteiger partial charge in [-0.2, -0.15) is 5.26 Å². The molecule has 0 aliphatic carbocycles. The molecule has 0 saturated heterocycles. The first kappa shape index (κ1) is 18.5. The summed E-state index contributed by atoms with van der Waals surface area (Å²) in [5.74, 6) is 0.529. The summed E-state index contributed by atoms with van der Waals surface area (Å²) in [5, 5.41) is 21.3. The van der Waals surface area contributed by atoms with E-state index in [9.17, 15) is 9.90 Å². The number of rotatable bonds is 7. The summed E-state index contributed by atoms with van der Waals surface area (Å²) in [6.07, 6.45) is -0.563. The van der Waals surface area contributed by atoms with Crippen LogP contribution in [0.25, 0.3) is 0 Å². The second-order valence-corrected chi connectivity index (χ2v) is 6.15. The number of aliphatic hydroxyl groups is 1. The van der Waals surface area contributed by atoms with E-state index >= 15 is 0 Å². The van der Waals surface area contributed by atoms with Gasteiger partial charge in [0.15, 0.2) is 0 Å². The Morgan fingerprint density at radius 2 is 1.96 bits per heavy atom. The molecule has 2 aromatic carbocycles. The molecule has 1 amide bonds. The van der Waals surface area contributed by atoms with Crippen molar-refractivity contribution in [1.29, 1.82) is 5.26 Å². The molecule has 0 bridgehead atoms. The third-order valence-corrected chi connectivity index (χ3v) is 3.82. The van der Waals surface area contributed by atoms with Gasteiger partial charge in [-0.25, -0.2) is 0 Å². The van der Waals surface area contributed by atoms with Gasteiger partial charge in [0.05, 0.1) is 17.7 Å². The zero-order valence-electron chi connectivity index (χ0n) is 14.4. The second-order valence-electron chi connectivity index (χ2n) is 6.15. The van der Waals surface area contributed by atoms with E-state index < -0.39 is 6.10 Å². The molecule has 5 nitrogen and oxygen atoms in total. The summed E-state index contributed by atoms with van der Waals surface area (Å²) in [4.78, 5) is 12.2. The minimum Gasteiger partial charge on any atom is -0.489 e. The number of carbonyl (C=O) groups is 1. The standard InChI is InChI=1S/C20H22N2O3/c1-14(2)19(23)12-22-20(24)17-5-3-4-16(10-17)13-25-18-8-6-15(11-21)7-9-18/h3-10,14,19,23H,12-13H2,1-2H3,(H,22,24). The highest BCUT2D eigenvalue weighted by Crippen LogP contribution is 2.14. The molecule has 1 atom stereocenters. The molecule has 0 aromatic heterocycles. The van der Waals surface area contributed by atoms with E-state index in [1.165, 1.54) is 0 Å². The van der Waals surface area contributed by atoms with Gasteiger partial charge in [-0.15, -0.1) is 0 Å². The molecule has 5 heteroatoms. The fourth-order valence-electron chi connectivity index (χ4n) is 2.13. The molecule has 0 aliphatic rings. The van der Waals surface area contributed by atoms with Crippen molar-refractivity contribution in [2.24, 2.45) is 5.92 Å². The van der Waals surface area contributed by atoms with Crippen LogP contribution < -0.4 is 10.1 Å². The van der Waals surface area contributed by atoms with Crippen LogP contribution in [0.4, 0.5) is 0 Å². The molecule has 25 heavy (non-hydrogen) atoms. The molecule has 0 heterocycles. The number of carbonyl (C=O) groups excluding carboxylic acids is 1. The summed E-state index contributed by atoms with van der Waals surface area (Å²) in [6, 6.07) is 16.1. The Hall–Kier alpha value is -2.84. The number of amides is 1. The third kappa shape index (κ3) is 5.63. The SMILES string of the molecule is CC(C)C(O)CNC(=O)c1cccc(COc2ccc(C#N)cc2)c1. The van der Waals surface area contributed by atoms with Crippen molar-refractivity contribution in [2.75, 3.05) is 6.54 Å². The van der Waals surface area contributed by atoms with Crippen LogP contribution in [0.3, 0.4) is 0 Å². The van der Waals surface area contributed by atoms with Crippen LogP contribution in [0.15, 0.2) is 48.5 Å². The van der Waals surface area contributed by atoms with Gasteiger partial charge >= 0.3 is 0 Å². The minimum atomic E-state index is -0.563. The van der Waals surface area contributed by atoms with Crippen molar-refractivity contribution in [3.8, 4) is 11.8 Å². The van der Waals surface area contributed by atoms with Crippen LogP contribution >= 0.6 is 0 Å². The number of hydrogen-bond donors (Lipinski definition) is 2. The van der Waals surface area contributed by atoms with Crippen LogP contribution in [0, 0.1) is 17.2 Å². The second kappa shape index (κ2) is 8.86. The summed E-state index contributed by atoms with van der Waals surface area (Å²) in [6.45, 7) is 4.35. The van der Waals surface area contributed by atoms with E-state index in [2.05, 4.69) is 11.4 Å². The van der Waals surface area contributed by atoms with Crippen LogP contribution in [0.5, 0.6) is 5.75 Å². The zero-order valence-corrected chi connectivity index (χ0v) is 14.4. The smallest absolute Gasteiger partial charge is 0.251 e. The van der Waals surface area contributed by atoms with Crippen molar-refractivity contribution in [3.63, 3.8) is 0 Å². The van der Waals surface area contributed by atoms with Crippen molar-refractivity contribution < 1.29 is 14.6 Å². The van der Waals surface area contributed by atoms with Crippen LogP contribution in [-0.2, 0) is 6.61 Å². The Morgan fingerprint density at radius 1 is 1.24 bits per heavy atom. The maximum Gasteiger partial charge on any atom is 0.251 e. The molecule has 0 spiro atoms. The molecular formula is C20H22N2O3. The number of benzene rings is 2. The molecule has 1 unspecified atom stereocenters. The van der Waals surface area contributed by atoms with E-state index in [0.29, 0.717) is 23.5 Å². The topological polar surface area (TPSA) is 82.3 Å². The van der Waals surface area contributed by atoms with Crippen molar-refractivity contribution >= 4 is 5.91 Å². The number of nitrogens with zero attached hydrogens (tertiary/aromatic N) is 1. The largest absolute Gasteiger partial charge is 0.489 e. The summed E-state index contributed by atoms with van der Waals surface area (Å²) >= 11 is 0. The number of hydrogen-bond acceptors (Lipinski definition) is 4. The van der Waals surface area contributed by atoms with E-state index in [4.69, 9.17) is 10.00 Å². The fourth-order valence-corrected chi connectivity index (χ4v) is 2.13.